The largest absolute Gasteiger partial charge is 0.462 e. The van der Waals surface area contributed by atoms with Gasteiger partial charge in [-0.15, -0.1) is 0 Å². The van der Waals surface area contributed by atoms with Crippen LogP contribution in [0.25, 0.3) is 0 Å². The monoisotopic (exact) mass is 618 g/mol. The summed E-state index contributed by atoms with van der Waals surface area (Å²) in [6.45, 7) is 14.2. The van der Waals surface area contributed by atoms with Crippen molar-refractivity contribution < 1.29 is 38.5 Å². The number of thioether (sulfide) groups is 1. The number of hydrogen-bond acceptors (Lipinski definition) is 9. The van der Waals surface area contributed by atoms with Gasteiger partial charge in [0.1, 0.15) is 18.6 Å². The van der Waals surface area contributed by atoms with Crippen molar-refractivity contribution in [2.45, 2.75) is 129 Å². The van der Waals surface area contributed by atoms with Crippen LogP contribution in [0.1, 0.15) is 99.8 Å². The van der Waals surface area contributed by atoms with Gasteiger partial charge in [-0.25, -0.2) is 0 Å². The first-order chi connectivity index (χ1) is 20.0. The van der Waals surface area contributed by atoms with Crippen LogP contribution in [-0.4, -0.2) is 63.7 Å². The summed E-state index contributed by atoms with van der Waals surface area (Å²) in [5.74, 6) is -0.255. The number of carbonyl (C=O) groups is 4. The van der Waals surface area contributed by atoms with E-state index in [1.54, 1.807) is 12.3 Å². The lowest BCUT2D eigenvalue weighted by Gasteiger charge is -2.61. The van der Waals surface area contributed by atoms with E-state index >= 15 is 0 Å². The molecule has 240 valence electrons. The third-order valence-corrected chi connectivity index (χ3v) is 13.4. The number of ether oxygens (including phenoxy) is 3. The number of fused-ring (bicyclic) bond motifs is 5. The van der Waals surface area contributed by atoms with Gasteiger partial charge < -0.3 is 19.3 Å². The number of epoxide rings is 1. The molecule has 8 nitrogen and oxygen atoms in total. The fourth-order valence-electron chi connectivity index (χ4n) is 10.0. The molecular formula is C34H50O8S. The SMILES string of the molecule is CSC(=O)CC(=O)O[C@H](C[C@]1(C)OC1(C)C)[C@@H](C)[C@H]1CC[C@H]2[C@@H]3[C@H](O)CC4=CC(=O)C[C@H](OC(C)=O)[C@]4(C)[C@H]3CC[C@]12C. The van der Waals surface area contributed by atoms with Gasteiger partial charge in [-0.3, -0.25) is 19.2 Å². The van der Waals surface area contributed by atoms with E-state index in [0.717, 1.165) is 43.0 Å². The van der Waals surface area contributed by atoms with Crippen LogP contribution in [0.15, 0.2) is 11.6 Å². The minimum atomic E-state index is -0.572. The number of rotatable bonds is 8. The average Bonchev–Trinajstić information content (AvgIpc) is 3.20. The van der Waals surface area contributed by atoms with Crippen LogP contribution < -0.4 is 0 Å². The van der Waals surface area contributed by atoms with Gasteiger partial charge in [0.2, 0.25) is 0 Å². The Hall–Kier alpha value is -1.71. The van der Waals surface area contributed by atoms with Crippen LogP contribution in [0, 0.1) is 40.4 Å². The number of esters is 2. The molecule has 5 aliphatic rings. The summed E-state index contributed by atoms with van der Waals surface area (Å²) < 4.78 is 18.0. The predicted octanol–water partition coefficient (Wildman–Crippen LogP) is 5.43. The van der Waals surface area contributed by atoms with Gasteiger partial charge in [-0.05, 0) is 100 Å². The summed E-state index contributed by atoms with van der Waals surface area (Å²) in [5.41, 5.74) is -0.365. The highest BCUT2D eigenvalue weighted by atomic mass is 32.2. The number of carbonyl (C=O) groups excluding carboxylic acids is 4. The van der Waals surface area contributed by atoms with E-state index in [1.807, 2.05) is 0 Å². The first-order valence-corrected chi connectivity index (χ1v) is 17.2. The van der Waals surface area contributed by atoms with E-state index in [9.17, 15) is 24.3 Å². The number of ketones is 1. The molecule has 1 saturated heterocycles. The summed E-state index contributed by atoms with van der Waals surface area (Å²) in [4.78, 5) is 49.7. The highest BCUT2D eigenvalue weighted by molar-refractivity contribution is 8.13. The molecule has 5 rings (SSSR count). The van der Waals surface area contributed by atoms with Gasteiger partial charge in [0.05, 0.1) is 17.3 Å². The number of hydrogen-bond donors (Lipinski definition) is 1. The molecule has 1 heterocycles. The van der Waals surface area contributed by atoms with Gasteiger partial charge in [0.15, 0.2) is 10.9 Å². The van der Waals surface area contributed by atoms with Crippen molar-refractivity contribution in [2.75, 3.05) is 6.26 Å². The van der Waals surface area contributed by atoms with Gasteiger partial charge >= 0.3 is 11.9 Å². The Morgan fingerprint density at radius 3 is 2.37 bits per heavy atom. The molecule has 9 heteroatoms. The Labute approximate surface area is 260 Å². The summed E-state index contributed by atoms with van der Waals surface area (Å²) in [7, 11) is 0. The Morgan fingerprint density at radius 1 is 1.09 bits per heavy atom. The lowest BCUT2D eigenvalue weighted by Crippen LogP contribution is -2.60. The van der Waals surface area contributed by atoms with Crippen molar-refractivity contribution in [1.29, 1.82) is 0 Å². The van der Waals surface area contributed by atoms with E-state index in [0.29, 0.717) is 12.8 Å². The van der Waals surface area contributed by atoms with Crippen LogP contribution in [0.2, 0.25) is 0 Å². The topological polar surface area (TPSA) is 120 Å². The van der Waals surface area contributed by atoms with Gasteiger partial charge in [-0.2, -0.15) is 0 Å². The highest BCUT2D eigenvalue weighted by Gasteiger charge is 2.66. The quantitative estimate of drug-likeness (QED) is 0.216. The second-order valence-corrected chi connectivity index (χ2v) is 16.1. The van der Waals surface area contributed by atoms with Crippen molar-refractivity contribution in [3.05, 3.63) is 11.6 Å². The van der Waals surface area contributed by atoms with Crippen LogP contribution in [0.3, 0.4) is 0 Å². The van der Waals surface area contributed by atoms with E-state index in [4.69, 9.17) is 14.2 Å². The Balaban J connectivity index is 1.41. The molecule has 0 aromatic heterocycles. The van der Waals surface area contributed by atoms with Crippen LogP contribution >= 0.6 is 11.8 Å². The molecule has 11 atom stereocenters. The highest BCUT2D eigenvalue weighted by Crippen LogP contribution is 2.68. The molecular weight excluding hydrogens is 568 g/mol. The summed E-state index contributed by atoms with van der Waals surface area (Å²) in [6.07, 6.45) is 6.53. The van der Waals surface area contributed by atoms with Crippen molar-refractivity contribution >= 4 is 34.6 Å². The lowest BCUT2D eigenvalue weighted by molar-refractivity contribution is -0.173. The number of aliphatic hydroxyl groups excluding tert-OH is 1. The van der Waals surface area contributed by atoms with Crippen molar-refractivity contribution in [3.8, 4) is 0 Å². The molecule has 3 saturated carbocycles. The van der Waals surface area contributed by atoms with Gasteiger partial charge in [-0.1, -0.05) is 38.1 Å². The standard InChI is InChI=1S/C34H50O8S/c1-18(26(17-33(6)31(3,4)42-33)41-28(38)16-29(39)43-8)22-9-10-23-30-24(11-12-32(22,23)5)34(7)20(14-25(30)37)13-21(36)15-27(34)40-19(2)35/h13,18,22-27,30,37H,9-12,14-17H2,1-8H3/t18-,22+,23-,24-,25+,26+,27-,30-,32+,33-,34-/m0/s1. The third-order valence-electron chi connectivity index (χ3n) is 12.8. The zero-order valence-electron chi connectivity index (χ0n) is 27.1. The number of aliphatic hydroxyl groups is 1. The second kappa shape index (κ2) is 11.3. The first kappa shape index (κ1) is 32.7. The van der Waals surface area contributed by atoms with E-state index in [1.165, 1.54) is 6.92 Å². The smallest absolute Gasteiger partial charge is 0.314 e. The van der Waals surface area contributed by atoms with Gasteiger partial charge in [0.25, 0.3) is 0 Å². The lowest BCUT2D eigenvalue weighted by atomic mass is 9.45. The predicted molar refractivity (Wildman–Crippen MR) is 163 cm³/mol. The van der Waals surface area contributed by atoms with E-state index in [-0.39, 0.29) is 70.3 Å². The van der Waals surface area contributed by atoms with Crippen molar-refractivity contribution in [3.63, 3.8) is 0 Å². The average molecular weight is 619 g/mol. The van der Waals surface area contributed by atoms with Crippen LogP contribution in [0.4, 0.5) is 0 Å². The zero-order valence-corrected chi connectivity index (χ0v) is 27.9. The molecule has 0 spiro atoms. The fourth-order valence-corrected chi connectivity index (χ4v) is 10.3. The van der Waals surface area contributed by atoms with E-state index in [2.05, 4.69) is 41.5 Å². The molecule has 0 amide bonds. The Bertz CT molecular complexity index is 1210. The maximum Gasteiger partial charge on any atom is 0.314 e. The Kier molecular flexibility index (Phi) is 8.56. The summed E-state index contributed by atoms with van der Waals surface area (Å²) >= 11 is 1.04. The van der Waals surface area contributed by atoms with Crippen molar-refractivity contribution in [2.24, 2.45) is 40.4 Å². The van der Waals surface area contributed by atoms with Crippen LogP contribution in [0.5, 0.6) is 0 Å². The second-order valence-electron chi connectivity index (χ2n) is 15.2. The minimum Gasteiger partial charge on any atom is -0.462 e. The maximum atomic E-state index is 12.9. The normalized spacial score (nSPS) is 42.4. The van der Waals surface area contributed by atoms with Crippen LogP contribution in [-0.2, 0) is 33.4 Å². The van der Waals surface area contributed by atoms with Gasteiger partial charge in [0, 0.05) is 25.2 Å². The molecule has 0 unspecified atom stereocenters. The van der Waals surface area contributed by atoms with Crippen molar-refractivity contribution in [1.82, 2.24) is 0 Å². The molecule has 4 fully saturated rings. The Morgan fingerprint density at radius 2 is 1.77 bits per heavy atom. The molecule has 0 aromatic carbocycles. The summed E-state index contributed by atoms with van der Waals surface area (Å²) in [6, 6.07) is 0. The summed E-state index contributed by atoms with van der Waals surface area (Å²) in [5, 5.41) is 11.5. The maximum absolute atomic E-state index is 12.9. The minimum absolute atomic E-state index is 0.0211. The molecule has 43 heavy (non-hydrogen) atoms. The molecule has 4 aliphatic carbocycles. The fraction of sp³-hybridized carbons (Fsp3) is 0.824. The van der Waals surface area contributed by atoms with E-state index < -0.39 is 35.3 Å². The molecule has 0 radical (unpaired) electrons. The molecule has 0 aromatic rings. The molecule has 1 aliphatic heterocycles. The zero-order chi connectivity index (χ0) is 31.7. The first-order valence-electron chi connectivity index (χ1n) is 16.0. The molecule has 1 N–H and O–H groups in total. The molecule has 0 bridgehead atoms. The third kappa shape index (κ3) is 5.54.